The van der Waals surface area contributed by atoms with E-state index in [-0.39, 0.29) is 11.8 Å². The zero-order valence-electron chi connectivity index (χ0n) is 16.0. The number of nitrogens with zero attached hydrogens (tertiary/aromatic N) is 3. The van der Waals surface area contributed by atoms with Gasteiger partial charge in [-0.05, 0) is 50.7 Å². The Hall–Kier alpha value is -2.11. The lowest BCUT2D eigenvalue weighted by Crippen LogP contribution is -2.44. The Bertz CT molecular complexity index is 673. The van der Waals surface area contributed by atoms with E-state index in [0.29, 0.717) is 17.5 Å². The Morgan fingerprint density at radius 3 is 2.33 bits per heavy atom. The van der Waals surface area contributed by atoms with Crippen molar-refractivity contribution in [3.05, 3.63) is 23.9 Å². The lowest BCUT2D eigenvalue weighted by molar-refractivity contribution is -0.136. The van der Waals surface area contributed by atoms with Crippen LogP contribution < -0.4 is 5.32 Å². The van der Waals surface area contributed by atoms with Gasteiger partial charge >= 0.3 is 0 Å². The number of carbonyl (C=O) groups is 2. The third-order valence-corrected chi connectivity index (χ3v) is 6.26. The van der Waals surface area contributed by atoms with Gasteiger partial charge in [0, 0.05) is 49.9 Å². The van der Waals surface area contributed by atoms with Crippen LogP contribution in [0.25, 0.3) is 0 Å². The Morgan fingerprint density at radius 1 is 0.926 bits per heavy atom. The summed E-state index contributed by atoms with van der Waals surface area (Å²) in [5.41, 5.74) is 0.711. The number of hydrogen-bond acceptors (Lipinski definition) is 4. The monoisotopic (exact) mass is 370 g/mol. The van der Waals surface area contributed by atoms with Crippen LogP contribution in [0.5, 0.6) is 0 Å². The Morgan fingerprint density at radius 2 is 1.63 bits per heavy atom. The number of rotatable bonds is 4. The van der Waals surface area contributed by atoms with Crippen LogP contribution >= 0.6 is 0 Å². The van der Waals surface area contributed by atoms with Crippen molar-refractivity contribution in [2.24, 2.45) is 5.92 Å². The van der Waals surface area contributed by atoms with Crippen molar-refractivity contribution in [2.45, 2.75) is 57.4 Å². The molecule has 1 aliphatic carbocycles. The highest BCUT2D eigenvalue weighted by atomic mass is 16.2. The average Bonchev–Trinajstić information content (AvgIpc) is 3.42. The number of amides is 2. The van der Waals surface area contributed by atoms with Crippen LogP contribution in [0.2, 0.25) is 0 Å². The lowest BCUT2D eigenvalue weighted by Gasteiger charge is -2.34. The largest absolute Gasteiger partial charge is 0.367 e. The van der Waals surface area contributed by atoms with Gasteiger partial charge in [-0.1, -0.05) is 12.8 Å². The molecule has 146 valence electrons. The van der Waals surface area contributed by atoms with Gasteiger partial charge in [0.2, 0.25) is 5.91 Å². The van der Waals surface area contributed by atoms with Gasteiger partial charge in [0.15, 0.2) is 0 Å². The van der Waals surface area contributed by atoms with Crippen molar-refractivity contribution in [1.82, 2.24) is 14.8 Å². The van der Waals surface area contributed by atoms with E-state index in [1.165, 1.54) is 12.8 Å². The highest BCUT2D eigenvalue weighted by molar-refractivity contribution is 5.95. The van der Waals surface area contributed by atoms with E-state index in [9.17, 15) is 9.59 Å². The second kappa shape index (κ2) is 8.28. The number of pyridine rings is 1. The van der Waals surface area contributed by atoms with E-state index in [4.69, 9.17) is 0 Å². The molecule has 0 aromatic carbocycles. The van der Waals surface area contributed by atoms with Crippen LogP contribution in [0.1, 0.15) is 61.7 Å². The smallest absolute Gasteiger partial charge is 0.254 e. The number of aromatic nitrogens is 1. The molecule has 6 heteroatoms. The zero-order valence-corrected chi connectivity index (χ0v) is 16.0. The predicted octanol–water partition coefficient (Wildman–Crippen LogP) is 2.91. The molecule has 1 N–H and O–H groups in total. The Kier molecular flexibility index (Phi) is 5.60. The number of nitrogens with one attached hydrogen (secondary N) is 1. The topological polar surface area (TPSA) is 65.5 Å². The van der Waals surface area contributed by atoms with E-state index < -0.39 is 0 Å². The molecule has 3 aliphatic rings. The van der Waals surface area contributed by atoms with Gasteiger partial charge in [0.1, 0.15) is 5.82 Å². The predicted molar refractivity (Wildman–Crippen MR) is 105 cm³/mol. The molecule has 0 radical (unpaired) electrons. The molecule has 1 aromatic heterocycles. The molecule has 0 spiro atoms. The van der Waals surface area contributed by atoms with Crippen molar-refractivity contribution in [3.63, 3.8) is 0 Å². The molecule has 27 heavy (non-hydrogen) atoms. The fourth-order valence-electron chi connectivity index (χ4n) is 4.63. The maximum atomic E-state index is 12.6. The first-order chi connectivity index (χ1) is 13.2. The minimum Gasteiger partial charge on any atom is -0.367 e. The first kappa shape index (κ1) is 18.3. The Balaban J connectivity index is 1.30. The standard InChI is InChI=1S/C21H30N4O2/c26-20(16-5-1-2-6-16)25-13-8-18(9-14-25)23-19-15-17(7-10-22-19)21(27)24-11-3-4-12-24/h7,10,15-16,18H,1-6,8-9,11-14H2,(H,22,23). The first-order valence-corrected chi connectivity index (χ1v) is 10.5. The highest BCUT2D eigenvalue weighted by Gasteiger charge is 2.30. The summed E-state index contributed by atoms with van der Waals surface area (Å²) in [5, 5.41) is 3.48. The molecule has 3 fully saturated rings. The number of hydrogen-bond donors (Lipinski definition) is 1. The maximum absolute atomic E-state index is 12.6. The molecule has 1 aromatic rings. The number of anilines is 1. The summed E-state index contributed by atoms with van der Waals surface area (Å²) in [6.45, 7) is 3.35. The first-order valence-electron chi connectivity index (χ1n) is 10.5. The van der Waals surface area contributed by atoms with E-state index in [1.54, 1.807) is 12.3 Å². The van der Waals surface area contributed by atoms with Crippen molar-refractivity contribution in [3.8, 4) is 0 Å². The number of carbonyl (C=O) groups excluding carboxylic acids is 2. The van der Waals surface area contributed by atoms with Gasteiger partial charge < -0.3 is 15.1 Å². The van der Waals surface area contributed by atoms with Crippen LogP contribution in [-0.4, -0.2) is 58.8 Å². The van der Waals surface area contributed by atoms with Gasteiger partial charge in [-0.15, -0.1) is 0 Å². The van der Waals surface area contributed by atoms with Crippen molar-refractivity contribution in [1.29, 1.82) is 0 Å². The van der Waals surface area contributed by atoms with E-state index in [2.05, 4.69) is 15.2 Å². The second-order valence-corrected chi connectivity index (χ2v) is 8.15. The summed E-state index contributed by atoms with van der Waals surface area (Å²) in [7, 11) is 0. The van der Waals surface area contributed by atoms with E-state index in [1.807, 2.05) is 11.0 Å². The third kappa shape index (κ3) is 4.25. The maximum Gasteiger partial charge on any atom is 0.254 e. The summed E-state index contributed by atoms with van der Waals surface area (Å²) < 4.78 is 0. The summed E-state index contributed by atoms with van der Waals surface area (Å²) >= 11 is 0. The third-order valence-electron chi connectivity index (χ3n) is 6.26. The highest BCUT2D eigenvalue weighted by Crippen LogP contribution is 2.28. The van der Waals surface area contributed by atoms with Gasteiger partial charge in [-0.3, -0.25) is 9.59 Å². The fraction of sp³-hybridized carbons (Fsp3) is 0.667. The van der Waals surface area contributed by atoms with Crippen molar-refractivity contribution in [2.75, 3.05) is 31.5 Å². The molecular weight excluding hydrogens is 340 g/mol. The fourth-order valence-corrected chi connectivity index (χ4v) is 4.63. The van der Waals surface area contributed by atoms with Crippen LogP contribution in [0.15, 0.2) is 18.3 Å². The molecule has 2 saturated heterocycles. The molecule has 6 nitrogen and oxygen atoms in total. The van der Waals surface area contributed by atoms with Gasteiger partial charge in [-0.25, -0.2) is 4.98 Å². The van der Waals surface area contributed by atoms with Gasteiger partial charge in [-0.2, -0.15) is 0 Å². The quantitative estimate of drug-likeness (QED) is 0.885. The van der Waals surface area contributed by atoms with Crippen LogP contribution in [0.3, 0.4) is 0 Å². The minimum atomic E-state index is 0.106. The van der Waals surface area contributed by atoms with E-state index in [0.717, 1.165) is 70.5 Å². The molecule has 0 unspecified atom stereocenters. The number of likely N-dealkylation sites (tertiary alicyclic amines) is 2. The zero-order chi connectivity index (χ0) is 18.6. The van der Waals surface area contributed by atoms with Crippen LogP contribution in [0, 0.1) is 5.92 Å². The van der Waals surface area contributed by atoms with Crippen LogP contribution in [0.4, 0.5) is 5.82 Å². The van der Waals surface area contributed by atoms with Gasteiger partial charge in [0.05, 0.1) is 0 Å². The SMILES string of the molecule is O=C(c1ccnc(NC2CCN(C(=O)C3CCCC3)CC2)c1)N1CCCC1. The molecule has 2 amide bonds. The molecule has 2 aliphatic heterocycles. The van der Waals surface area contributed by atoms with Gasteiger partial charge in [0.25, 0.3) is 5.91 Å². The van der Waals surface area contributed by atoms with Crippen molar-refractivity contribution < 1.29 is 9.59 Å². The second-order valence-electron chi connectivity index (χ2n) is 8.15. The molecule has 1 saturated carbocycles. The molecule has 4 rings (SSSR count). The minimum absolute atomic E-state index is 0.106. The summed E-state index contributed by atoms with van der Waals surface area (Å²) in [6, 6.07) is 3.98. The van der Waals surface area contributed by atoms with E-state index >= 15 is 0 Å². The van der Waals surface area contributed by atoms with Crippen molar-refractivity contribution >= 4 is 17.6 Å². The molecular formula is C21H30N4O2. The lowest BCUT2D eigenvalue weighted by atomic mass is 10.0. The average molecular weight is 370 g/mol. The summed E-state index contributed by atoms with van der Waals surface area (Å²) in [4.78, 5) is 33.5. The molecule has 0 bridgehead atoms. The normalized spacial score (nSPS) is 21.6. The molecule has 0 atom stereocenters. The molecule has 3 heterocycles. The Labute approximate surface area is 161 Å². The summed E-state index contributed by atoms with van der Waals surface area (Å²) in [5.74, 6) is 1.50. The van der Waals surface area contributed by atoms with Crippen LogP contribution in [-0.2, 0) is 4.79 Å². The number of piperidine rings is 1. The summed E-state index contributed by atoms with van der Waals surface area (Å²) in [6.07, 6.45) is 10.3.